The highest BCUT2D eigenvalue weighted by Gasteiger charge is 2.53. The molecule has 0 aliphatic carbocycles. The average Bonchev–Trinajstić information content (AvgIpc) is 2.87. The van der Waals surface area contributed by atoms with Crippen molar-refractivity contribution < 1.29 is 24.0 Å². The van der Waals surface area contributed by atoms with Gasteiger partial charge in [-0.05, 0) is 18.1 Å². The quantitative estimate of drug-likeness (QED) is 0.283. The van der Waals surface area contributed by atoms with Gasteiger partial charge < -0.3 is 15.2 Å². The van der Waals surface area contributed by atoms with Crippen molar-refractivity contribution >= 4 is 19.8 Å². The summed E-state index contributed by atoms with van der Waals surface area (Å²) in [7, 11) is 9.12. The van der Waals surface area contributed by atoms with E-state index < -0.39 is 37.9 Å². The first-order valence-corrected chi connectivity index (χ1v) is 13.8. The van der Waals surface area contributed by atoms with Gasteiger partial charge in [-0.3, -0.25) is 4.79 Å². The second kappa shape index (κ2) is 14.0. The van der Waals surface area contributed by atoms with Gasteiger partial charge in [0.2, 0.25) is 5.91 Å². The Morgan fingerprint density at radius 1 is 0.892 bits per heavy atom. The molecule has 0 aromatic heterocycles. The first-order chi connectivity index (χ1) is 17.5. The van der Waals surface area contributed by atoms with Gasteiger partial charge in [0.25, 0.3) is 0 Å². The van der Waals surface area contributed by atoms with E-state index in [2.05, 4.69) is 5.32 Å². The molecule has 0 fully saturated rings. The van der Waals surface area contributed by atoms with Crippen LogP contribution >= 0.6 is 7.94 Å². The van der Waals surface area contributed by atoms with Crippen LogP contribution in [0.1, 0.15) is 18.1 Å². The van der Waals surface area contributed by atoms with Gasteiger partial charge in [-0.2, -0.15) is 4.52 Å². The molecule has 0 heterocycles. The number of nitrogens with one attached hydrogen (secondary N) is 1. The van der Waals surface area contributed by atoms with Crippen LogP contribution in [0.3, 0.4) is 0 Å². The Bertz CT molecular complexity index is 969. The summed E-state index contributed by atoms with van der Waals surface area (Å²) in [5.74, 6) is -1.03. The number of aliphatic hydroxyl groups is 1. The average molecular weight is 534 g/mol. The third-order valence-electron chi connectivity index (χ3n) is 6.11. The zero-order valence-electron chi connectivity index (χ0n) is 23.0. The highest BCUT2D eigenvalue weighted by molar-refractivity contribution is 7.64. The number of aliphatic hydroxyl groups excluding tert-OH is 1. The minimum absolute atomic E-state index is 0.0469. The number of carbonyl (C=O) groups excluding carboxylic acids is 2. The highest BCUT2D eigenvalue weighted by Crippen LogP contribution is 2.65. The number of hydrogen-bond donors (Lipinski definition) is 2. The maximum Gasteiger partial charge on any atom is 0.369 e. The predicted octanol–water partition coefficient (Wildman–Crippen LogP) is 2.83. The number of carbonyl (C=O) groups is 2. The largest absolute Gasteiger partial charge is 0.459 e. The van der Waals surface area contributed by atoms with Crippen LogP contribution in [0.4, 0.5) is 0 Å². The fourth-order valence-corrected chi connectivity index (χ4v) is 7.33. The van der Waals surface area contributed by atoms with Crippen molar-refractivity contribution in [1.82, 2.24) is 19.3 Å². The molecule has 10 heteroatoms. The van der Waals surface area contributed by atoms with Crippen molar-refractivity contribution in [3.05, 3.63) is 71.8 Å². The first-order valence-electron chi connectivity index (χ1n) is 12.2. The van der Waals surface area contributed by atoms with E-state index in [0.29, 0.717) is 0 Å². The molecular weight excluding hydrogens is 491 g/mol. The topological polar surface area (TPSA) is 94.6 Å². The molecule has 0 saturated heterocycles. The van der Waals surface area contributed by atoms with E-state index in [1.807, 2.05) is 117 Å². The van der Waals surface area contributed by atoms with Crippen molar-refractivity contribution in [2.75, 3.05) is 55.5 Å². The Morgan fingerprint density at radius 3 is 1.84 bits per heavy atom. The summed E-state index contributed by atoms with van der Waals surface area (Å²) < 4.78 is 17.9. The third kappa shape index (κ3) is 8.04. The second-order valence-electron chi connectivity index (χ2n) is 9.86. The lowest BCUT2D eigenvalue weighted by Crippen LogP contribution is -2.52. The van der Waals surface area contributed by atoms with Crippen LogP contribution in [0.5, 0.6) is 0 Å². The molecule has 0 saturated carbocycles. The Hall–Kier alpha value is -2.39. The lowest BCUT2D eigenvalue weighted by atomic mass is 9.91. The molecule has 204 valence electrons. The van der Waals surface area contributed by atoms with Crippen molar-refractivity contribution in [3.63, 3.8) is 0 Å². The Kier molecular flexibility index (Phi) is 11.6. The number of amides is 1. The molecule has 2 N–H and O–H groups in total. The predicted molar refractivity (Wildman–Crippen MR) is 147 cm³/mol. The molecule has 2 atom stereocenters. The minimum atomic E-state index is -2.40. The lowest BCUT2D eigenvalue weighted by Gasteiger charge is -2.39. The fraction of sp³-hybridized carbons (Fsp3) is 0.481. The third-order valence-corrected chi connectivity index (χ3v) is 9.72. The van der Waals surface area contributed by atoms with Crippen LogP contribution in [-0.4, -0.2) is 92.5 Å². The normalized spacial score (nSPS) is 14.5. The summed E-state index contributed by atoms with van der Waals surface area (Å²) in [5, 5.41) is 13.1. The van der Waals surface area contributed by atoms with Gasteiger partial charge in [0.05, 0.1) is 12.0 Å². The van der Waals surface area contributed by atoms with E-state index in [9.17, 15) is 14.7 Å². The molecule has 2 aromatic carbocycles. The van der Waals surface area contributed by atoms with Gasteiger partial charge >= 0.3 is 13.9 Å². The maximum atomic E-state index is 13.5. The number of ether oxygens (including phenoxy) is 1. The van der Waals surface area contributed by atoms with Crippen LogP contribution in [0.25, 0.3) is 0 Å². The summed E-state index contributed by atoms with van der Waals surface area (Å²) in [6, 6.07) is 17.9. The van der Waals surface area contributed by atoms with Gasteiger partial charge in [-0.25, -0.2) is 4.79 Å². The van der Waals surface area contributed by atoms with Crippen molar-refractivity contribution in [2.45, 2.75) is 26.0 Å². The van der Waals surface area contributed by atoms with E-state index >= 15 is 0 Å². The number of hydrogen-bond acceptors (Lipinski definition) is 8. The molecule has 2 aromatic rings. The molecule has 0 spiro atoms. The molecular formula is C27H42N4O5P+. The molecule has 2 rings (SSSR count). The maximum absolute atomic E-state index is 13.5. The van der Waals surface area contributed by atoms with Crippen molar-refractivity contribution in [3.8, 4) is 0 Å². The first kappa shape index (κ1) is 30.8. The lowest BCUT2D eigenvalue weighted by molar-refractivity contribution is -0.151. The molecule has 9 nitrogen and oxygen atoms in total. The van der Waals surface area contributed by atoms with Crippen LogP contribution in [0.2, 0.25) is 0 Å². The van der Waals surface area contributed by atoms with Gasteiger partial charge in [-0.1, -0.05) is 60.7 Å². The summed E-state index contributed by atoms with van der Waals surface area (Å²) in [6.45, 7) is 1.23. The SMILES string of the molecule is CN(C)[P+](OCC(C)(CO)C(=O)N[C@@H](Cc1ccccc1)C(=O)OCc1ccccc1)(N(C)C)N(C)C. The number of rotatable bonds is 14. The number of nitrogens with zero attached hydrogens (tertiary/aromatic N) is 3. The number of esters is 1. The molecule has 0 bridgehead atoms. The second-order valence-corrected chi connectivity index (χ2v) is 13.5. The molecule has 0 aliphatic rings. The molecule has 37 heavy (non-hydrogen) atoms. The van der Waals surface area contributed by atoms with Crippen LogP contribution in [0, 0.1) is 5.41 Å². The van der Waals surface area contributed by atoms with E-state index in [4.69, 9.17) is 9.26 Å². The molecule has 1 unspecified atom stereocenters. The highest BCUT2D eigenvalue weighted by atomic mass is 31.2. The van der Waals surface area contributed by atoms with Gasteiger partial charge in [0.1, 0.15) is 19.3 Å². The standard InChI is InChI=1S/C27H41N4O5P/c1-27(20-32,21-36-37(29(2)3,30(4)5)31(6)7)26(34)28-24(18-22-14-10-8-11-15-22)25(33)35-19-23-16-12-9-13-17-23/h8-17,24,32H,18-21H2,1-7H3/p+1/t24-,27?/m0/s1. The fourth-order valence-electron chi connectivity index (χ4n) is 4.04. The molecule has 0 radical (unpaired) electrons. The van der Waals surface area contributed by atoms with E-state index in [1.54, 1.807) is 6.92 Å². The summed E-state index contributed by atoms with van der Waals surface area (Å²) >= 11 is 0. The van der Waals surface area contributed by atoms with E-state index in [-0.39, 0.29) is 19.6 Å². The van der Waals surface area contributed by atoms with Crippen LogP contribution in [-0.2, 0) is 31.9 Å². The smallest absolute Gasteiger partial charge is 0.369 e. The number of benzene rings is 2. The van der Waals surface area contributed by atoms with Crippen molar-refractivity contribution in [2.24, 2.45) is 5.41 Å². The zero-order chi connectivity index (χ0) is 27.6. The zero-order valence-corrected chi connectivity index (χ0v) is 23.9. The van der Waals surface area contributed by atoms with E-state index in [0.717, 1.165) is 11.1 Å². The van der Waals surface area contributed by atoms with Crippen LogP contribution in [0.15, 0.2) is 60.7 Å². The van der Waals surface area contributed by atoms with Gasteiger partial charge in [0.15, 0.2) is 0 Å². The minimum Gasteiger partial charge on any atom is -0.459 e. The van der Waals surface area contributed by atoms with E-state index in [1.165, 1.54) is 0 Å². The van der Waals surface area contributed by atoms with Gasteiger partial charge in [-0.15, -0.1) is 14.0 Å². The monoisotopic (exact) mass is 533 g/mol. The van der Waals surface area contributed by atoms with Crippen LogP contribution < -0.4 is 5.32 Å². The van der Waals surface area contributed by atoms with Gasteiger partial charge in [0, 0.05) is 48.7 Å². The molecule has 0 aliphatic heterocycles. The Balaban J connectivity index is 2.22. The summed E-state index contributed by atoms with van der Waals surface area (Å²) in [4.78, 5) is 26.6. The summed E-state index contributed by atoms with van der Waals surface area (Å²) in [6.07, 6.45) is 0.257. The Labute approximate surface area is 221 Å². The van der Waals surface area contributed by atoms with Crippen molar-refractivity contribution in [1.29, 1.82) is 0 Å². The Morgan fingerprint density at radius 2 is 1.38 bits per heavy atom. The summed E-state index contributed by atoms with van der Waals surface area (Å²) in [5.41, 5.74) is 0.442. The molecule has 1 amide bonds.